The van der Waals surface area contributed by atoms with Crippen LogP contribution >= 0.6 is 11.8 Å². The molecule has 0 N–H and O–H groups in total. The fourth-order valence-electron chi connectivity index (χ4n) is 2.07. The van der Waals surface area contributed by atoms with Crippen molar-refractivity contribution in [3.05, 3.63) is 71.3 Å². The highest BCUT2D eigenvalue weighted by atomic mass is 32.2. The lowest BCUT2D eigenvalue weighted by Gasteiger charge is -2.08. The van der Waals surface area contributed by atoms with E-state index in [0.29, 0.717) is 5.25 Å². The van der Waals surface area contributed by atoms with Crippen LogP contribution in [0.25, 0.3) is 0 Å². The van der Waals surface area contributed by atoms with Gasteiger partial charge in [0.1, 0.15) is 0 Å². The first-order chi connectivity index (χ1) is 8.83. The van der Waals surface area contributed by atoms with E-state index in [9.17, 15) is 0 Å². The van der Waals surface area contributed by atoms with Crippen molar-refractivity contribution in [2.24, 2.45) is 4.99 Å². The lowest BCUT2D eigenvalue weighted by molar-refractivity contribution is 0.966. The average Bonchev–Trinajstić information content (AvgIpc) is 2.90. The Hall–Kier alpha value is -1.54. The molecule has 0 bridgehead atoms. The van der Waals surface area contributed by atoms with E-state index >= 15 is 0 Å². The molecule has 0 saturated carbocycles. The maximum absolute atomic E-state index is 4.67. The predicted octanol–water partition coefficient (Wildman–Crippen LogP) is 4.23. The fourth-order valence-corrected chi connectivity index (χ4v) is 3.20. The Balaban J connectivity index is 1.77. The molecule has 0 aliphatic carbocycles. The van der Waals surface area contributed by atoms with Crippen LogP contribution in [0.4, 0.5) is 0 Å². The SMILES string of the molecule is Cc1ccc(C2=NCC(c3ccccc3)S2)cc1. The third-order valence-electron chi connectivity index (χ3n) is 3.12. The van der Waals surface area contributed by atoms with Crippen molar-refractivity contribution >= 4 is 16.8 Å². The van der Waals surface area contributed by atoms with Crippen LogP contribution in [0.5, 0.6) is 0 Å². The standard InChI is InChI=1S/C16H15NS/c1-12-7-9-14(10-8-12)16-17-11-15(18-16)13-5-3-2-4-6-13/h2-10,15H,11H2,1H3. The first-order valence-electron chi connectivity index (χ1n) is 6.16. The van der Waals surface area contributed by atoms with Gasteiger partial charge in [-0.05, 0) is 12.5 Å². The van der Waals surface area contributed by atoms with E-state index in [1.165, 1.54) is 21.7 Å². The monoisotopic (exact) mass is 253 g/mol. The zero-order chi connectivity index (χ0) is 12.4. The van der Waals surface area contributed by atoms with Gasteiger partial charge >= 0.3 is 0 Å². The van der Waals surface area contributed by atoms with Crippen LogP contribution < -0.4 is 0 Å². The summed E-state index contributed by atoms with van der Waals surface area (Å²) < 4.78 is 0. The number of aryl methyl sites for hydroxylation is 1. The van der Waals surface area contributed by atoms with Gasteiger partial charge in [-0.1, -0.05) is 71.9 Å². The maximum atomic E-state index is 4.67. The summed E-state index contributed by atoms with van der Waals surface area (Å²) in [6.45, 7) is 3.00. The molecule has 1 atom stereocenters. The lowest BCUT2D eigenvalue weighted by atomic mass is 10.1. The third kappa shape index (κ3) is 2.34. The molecule has 90 valence electrons. The number of nitrogens with zero attached hydrogens (tertiary/aromatic N) is 1. The van der Waals surface area contributed by atoms with Gasteiger partial charge < -0.3 is 0 Å². The highest BCUT2D eigenvalue weighted by Gasteiger charge is 2.21. The summed E-state index contributed by atoms with van der Waals surface area (Å²) in [6.07, 6.45) is 0. The Bertz CT molecular complexity index is 557. The minimum Gasteiger partial charge on any atom is -0.276 e. The van der Waals surface area contributed by atoms with Gasteiger partial charge in [0.15, 0.2) is 0 Å². The highest BCUT2D eigenvalue weighted by molar-refractivity contribution is 8.14. The van der Waals surface area contributed by atoms with E-state index in [4.69, 9.17) is 0 Å². The average molecular weight is 253 g/mol. The number of hydrogen-bond donors (Lipinski definition) is 0. The largest absolute Gasteiger partial charge is 0.276 e. The van der Waals surface area contributed by atoms with Gasteiger partial charge in [-0.3, -0.25) is 4.99 Å². The molecule has 0 saturated heterocycles. The molecular formula is C16H15NS. The molecule has 1 heterocycles. The van der Waals surface area contributed by atoms with Gasteiger partial charge in [0, 0.05) is 5.56 Å². The van der Waals surface area contributed by atoms with Crippen LogP contribution in [0, 0.1) is 6.92 Å². The highest BCUT2D eigenvalue weighted by Crippen LogP contribution is 2.37. The fraction of sp³-hybridized carbons (Fsp3) is 0.188. The molecule has 3 rings (SSSR count). The molecular weight excluding hydrogens is 238 g/mol. The van der Waals surface area contributed by atoms with Gasteiger partial charge in [0.05, 0.1) is 16.8 Å². The zero-order valence-electron chi connectivity index (χ0n) is 10.3. The first kappa shape index (κ1) is 11.5. The van der Waals surface area contributed by atoms with Crippen LogP contribution in [0.2, 0.25) is 0 Å². The van der Waals surface area contributed by atoms with E-state index < -0.39 is 0 Å². The number of benzene rings is 2. The molecule has 1 aliphatic rings. The quantitative estimate of drug-likeness (QED) is 0.780. The molecule has 2 aromatic rings. The van der Waals surface area contributed by atoms with Crippen molar-refractivity contribution < 1.29 is 0 Å². The summed E-state index contributed by atoms with van der Waals surface area (Å²) in [7, 11) is 0. The van der Waals surface area contributed by atoms with Gasteiger partial charge in [-0.15, -0.1) is 0 Å². The predicted molar refractivity (Wildman–Crippen MR) is 79.4 cm³/mol. The molecule has 0 radical (unpaired) electrons. The second kappa shape index (κ2) is 4.99. The normalized spacial score (nSPS) is 18.7. The van der Waals surface area contributed by atoms with Crippen LogP contribution in [-0.4, -0.2) is 11.6 Å². The second-order valence-electron chi connectivity index (χ2n) is 4.53. The Morgan fingerprint density at radius 3 is 2.44 bits per heavy atom. The summed E-state index contributed by atoms with van der Waals surface area (Å²) in [5, 5.41) is 1.64. The topological polar surface area (TPSA) is 12.4 Å². The Morgan fingerprint density at radius 2 is 1.72 bits per heavy atom. The minimum absolute atomic E-state index is 0.475. The molecule has 0 fully saturated rings. The lowest BCUT2D eigenvalue weighted by Crippen LogP contribution is -1.94. The second-order valence-corrected chi connectivity index (χ2v) is 5.72. The Labute approximate surface area is 112 Å². The number of rotatable bonds is 2. The molecule has 0 amide bonds. The summed E-state index contributed by atoms with van der Waals surface area (Å²) in [5.41, 5.74) is 3.90. The van der Waals surface area contributed by atoms with Crippen molar-refractivity contribution in [3.8, 4) is 0 Å². The summed E-state index contributed by atoms with van der Waals surface area (Å²) in [6, 6.07) is 19.2. The van der Waals surface area contributed by atoms with E-state index in [0.717, 1.165) is 6.54 Å². The van der Waals surface area contributed by atoms with Gasteiger partial charge in [-0.25, -0.2) is 0 Å². The van der Waals surface area contributed by atoms with E-state index in [1.807, 2.05) is 11.8 Å². The zero-order valence-corrected chi connectivity index (χ0v) is 11.2. The number of aliphatic imine (C=N–C) groups is 1. The molecule has 18 heavy (non-hydrogen) atoms. The molecule has 2 aromatic carbocycles. The smallest absolute Gasteiger partial charge is 0.0984 e. The maximum Gasteiger partial charge on any atom is 0.0984 e. The van der Waals surface area contributed by atoms with Gasteiger partial charge in [0.25, 0.3) is 0 Å². The summed E-state index contributed by atoms with van der Waals surface area (Å²) >= 11 is 1.87. The first-order valence-corrected chi connectivity index (χ1v) is 7.04. The van der Waals surface area contributed by atoms with Gasteiger partial charge in [0.2, 0.25) is 0 Å². The molecule has 0 spiro atoms. The summed E-state index contributed by atoms with van der Waals surface area (Å²) in [4.78, 5) is 4.67. The molecule has 2 heteroatoms. The van der Waals surface area contributed by atoms with Crippen molar-refractivity contribution in [2.75, 3.05) is 6.54 Å². The molecule has 1 aliphatic heterocycles. The molecule has 1 nitrogen and oxygen atoms in total. The van der Waals surface area contributed by atoms with E-state index in [1.54, 1.807) is 0 Å². The van der Waals surface area contributed by atoms with Crippen molar-refractivity contribution in [1.82, 2.24) is 0 Å². The Kier molecular flexibility index (Phi) is 3.20. The van der Waals surface area contributed by atoms with E-state index in [2.05, 4.69) is 66.5 Å². The van der Waals surface area contributed by atoms with Crippen molar-refractivity contribution in [2.45, 2.75) is 12.2 Å². The molecule has 1 unspecified atom stereocenters. The third-order valence-corrected chi connectivity index (χ3v) is 4.42. The number of hydrogen-bond acceptors (Lipinski definition) is 2. The molecule has 0 aromatic heterocycles. The Morgan fingerprint density at radius 1 is 1.00 bits per heavy atom. The van der Waals surface area contributed by atoms with E-state index in [-0.39, 0.29) is 0 Å². The van der Waals surface area contributed by atoms with Crippen LogP contribution in [0.1, 0.15) is 21.9 Å². The minimum atomic E-state index is 0.475. The van der Waals surface area contributed by atoms with Gasteiger partial charge in [-0.2, -0.15) is 0 Å². The van der Waals surface area contributed by atoms with Crippen molar-refractivity contribution in [3.63, 3.8) is 0 Å². The van der Waals surface area contributed by atoms with Crippen LogP contribution in [0.3, 0.4) is 0 Å². The summed E-state index contributed by atoms with van der Waals surface area (Å²) in [5.74, 6) is 0. The van der Waals surface area contributed by atoms with Crippen LogP contribution in [0.15, 0.2) is 59.6 Å². The van der Waals surface area contributed by atoms with Crippen molar-refractivity contribution in [1.29, 1.82) is 0 Å². The number of thioether (sulfide) groups is 1. The van der Waals surface area contributed by atoms with Crippen LogP contribution in [-0.2, 0) is 0 Å².